The normalized spacial score (nSPS) is 11.5. The van der Waals surface area contributed by atoms with E-state index in [4.69, 9.17) is 17.2 Å². The molecule has 1 aromatic heterocycles. The topological polar surface area (TPSA) is 103 Å². The van der Waals surface area contributed by atoms with Gasteiger partial charge in [0.15, 0.2) is 5.96 Å². The lowest BCUT2D eigenvalue weighted by atomic mass is 10.5. The number of aliphatic imine (C=N–C) groups is 1. The molecule has 1 atom stereocenters. The van der Waals surface area contributed by atoms with Gasteiger partial charge in [0.25, 0.3) is 0 Å². The molecule has 1 rings (SSSR count). The Balaban J connectivity index is 0.00000196. The molecule has 0 amide bonds. The predicted molar refractivity (Wildman–Crippen MR) is 69.4 cm³/mol. The zero-order valence-electron chi connectivity index (χ0n) is 8.00. The van der Waals surface area contributed by atoms with Gasteiger partial charge in [0, 0.05) is 17.7 Å². The van der Waals surface area contributed by atoms with E-state index in [1.165, 1.54) is 11.3 Å². The lowest BCUT2D eigenvalue weighted by Gasteiger charge is -2.08. The van der Waals surface area contributed by atoms with Gasteiger partial charge in [0.1, 0.15) is 5.37 Å². The first-order valence-electron chi connectivity index (χ1n) is 4.02. The maximum Gasteiger partial charge on any atom is 0.187 e. The summed E-state index contributed by atoms with van der Waals surface area (Å²) in [5.41, 5.74) is 18.7. The summed E-state index contributed by atoms with van der Waals surface area (Å²) >= 11 is 3.10. The largest absolute Gasteiger partial charge is 0.370 e. The third kappa shape index (κ3) is 5.22. The highest BCUT2D eigenvalue weighted by Crippen LogP contribution is 2.29. The summed E-state index contributed by atoms with van der Waals surface area (Å²) in [6, 6.07) is 0. The Morgan fingerprint density at radius 3 is 2.80 bits per heavy atom. The highest BCUT2D eigenvalue weighted by Gasteiger charge is 2.12. The molecule has 0 saturated heterocycles. The first-order chi connectivity index (χ1) is 6.74. The molecule has 0 radical (unpaired) electrons. The zero-order chi connectivity index (χ0) is 10.4. The van der Waals surface area contributed by atoms with Gasteiger partial charge in [0.2, 0.25) is 0 Å². The molecule has 0 saturated carbocycles. The minimum absolute atomic E-state index is 0. The number of thiazole rings is 1. The number of thioether (sulfide) groups is 1. The van der Waals surface area contributed by atoms with Crippen LogP contribution in [0.25, 0.3) is 0 Å². The van der Waals surface area contributed by atoms with Crippen molar-refractivity contribution in [1.29, 1.82) is 0 Å². The van der Waals surface area contributed by atoms with Gasteiger partial charge in [-0.05, 0) is 0 Å². The number of aromatic nitrogens is 1. The van der Waals surface area contributed by atoms with Crippen molar-refractivity contribution in [2.45, 2.75) is 5.37 Å². The second-order valence-corrected chi connectivity index (χ2v) is 4.39. The summed E-state index contributed by atoms with van der Waals surface area (Å²) in [6.45, 7) is 0.602. The Morgan fingerprint density at radius 2 is 2.33 bits per heavy atom. The standard InChI is InChI=1S/C7H13N5S2.ClH/c8-1-2-14-6(12-7(9)10)5-3-13-4-11-5;/h3-4,6H,1-2,8H2,(H4,9,10,12);1H. The zero-order valence-corrected chi connectivity index (χ0v) is 10.4. The van der Waals surface area contributed by atoms with Gasteiger partial charge in [-0.25, -0.2) is 9.98 Å². The van der Waals surface area contributed by atoms with Crippen molar-refractivity contribution in [1.82, 2.24) is 4.98 Å². The van der Waals surface area contributed by atoms with Crippen LogP contribution in [0.1, 0.15) is 11.1 Å². The molecule has 0 spiro atoms. The van der Waals surface area contributed by atoms with Crippen molar-refractivity contribution in [3.05, 3.63) is 16.6 Å². The van der Waals surface area contributed by atoms with Crippen LogP contribution in [-0.4, -0.2) is 23.2 Å². The fourth-order valence-electron chi connectivity index (χ4n) is 0.848. The van der Waals surface area contributed by atoms with Gasteiger partial charge in [-0.3, -0.25) is 0 Å². The summed E-state index contributed by atoms with van der Waals surface area (Å²) in [5, 5.41) is 1.80. The molecule has 6 N–H and O–H groups in total. The number of nitrogens with zero attached hydrogens (tertiary/aromatic N) is 2. The Hall–Kier alpha value is -0.500. The van der Waals surface area contributed by atoms with Gasteiger partial charge in [-0.2, -0.15) is 0 Å². The van der Waals surface area contributed by atoms with Gasteiger partial charge in [-0.15, -0.1) is 35.5 Å². The highest BCUT2D eigenvalue weighted by molar-refractivity contribution is 7.99. The Labute approximate surface area is 103 Å². The molecule has 0 aliphatic heterocycles. The summed E-state index contributed by atoms with van der Waals surface area (Å²) in [6.07, 6.45) is 0. The van der Waals surface area contributed by atoms with E-state index in [1.807, 2.05) is 5.38 Å². The maximum atomic E-state index is 5.41. The molecular formula is C7H14ClN5S2. The van der Waals surface area contributed by atoms with E-state index >= 15 is 0 Å². The van der Waals surface area contributed by atoms with Crippen LogP contribution < -0.4 is 17.2 Å². The molecule has 8 heteroatoms. The first kappa shape index (κ1) is 14.5. The Bertz CT molecular complexity index is 286. The van der Waals surface area contributed by atoms with Crippen LogP contribution in [0.4, 0.5) is 0 Å². The second-order valence-electron chi connectivity index (χ2n) is 2.48. The fraction of sp³-hybridized carbons (Fsp3) is 0.429. The van der Waals surface area contributed by atoms with Gasteiger partial charge < -0.3 is 17.2 Å². The molecule has 5 nitrogen and oxygen atoms in total. The van der Waals surface area contributed by atoms with Crippen molar-refractivity contribution in [2.75, 3.05) is 12.3 Å². The average molecular weight is 268 g/mol. The van der Waals surface area contributed by atoms with Crippen LogP contribution >= 0.6 is 35.5 Å². The molecule has 15 heavy (non-hydrogen) atoms. The molecule has 0 aliphatic rings. The van der Waals surface area contributed by atoms with Crippen LogP contribution in [0, 0.1) is 0 Å². The summed E-state index contributed by atoms with van der Waals surface area (Å²) in [7, 11) is 0. The van der Waals surface area contributed by atoms with E-state index in [0.717, 1.165) is 11.4 Å². The van der Waals surface area contributed by atoms with E-state index in [0.29, 0.717) is 6.54 Å². The van der Waals surface area contributed by atoms with E-state index in [-0.39, 0.29) is 23.7 Å². The SMILES string of the molecule is Cl.NCCSC(N=C(N)N)c1cscn1. The molecule has 86 valence electrons. The number of halogens is 1. The minimum atomic E-state index is -0.130. The average Bonchev–Trinajstić information content (AvgIpc) is 2.64. The summed E-state index contributed by atoms with van der Waals surface area (Å²) in [4.78, 5) is 8.24. The Kier molecular flexibility index (Phi) is 7.49. The molecule has 1 unspecified atom stereocenters. The van der Waals surface area contributed by atoms with E-state index in [9.17, 15) is 0 Å². The van der Waals surface area contributed by atoms with Crippen LogP contribution in [0.2, 0.25) is 0 Å². The molecule has 0 aromatic carbocycles. The van der Waals surface area contributed by atoms with Crippen LogP contribution in [0.5, 0.6) is 0 Å². The third-order valence-corrected chi connectivity index (χ3v) is 3.10. The van der Waals surface area contributed by atoms with E-state index < -0.39 is 0 Å². The van der Waals surface area contributed by atoms with Crippen molar-refractivity contribution in [2.24, 2.45) is 22.2 Å². The number of guanidine groups is 1. The number of hydrogen-bond donors (Lipinski definition) is 3. The molecule has 0 bridgehead atoms. The Morgan fingerprint density at radius 1 is 1.60 bits per heavy atom. The van der Waals surface area contributed by atoms with Crippen molar-refractivity contribution in [3.63, 3.8) is 0 Å². The first-order valence-corrected chi connectivity index (χ1v) is 6.01. The van der Waals surface area contributed by atoms with Crippen molar-refractivity contribution in [3.8, 4) is 0 Å². The summed E-state index contributed by atoms with van der Waals surface area (Å²) in [5.74, 6) is 0.881. The number of hydrogen-bond acceptors (Lipinski definition) is 5. The van der Waals surface area contributed by atoms with E-state index in [1.54, 1.807) is 17.3 Å². The van der Waals surface area contributed by atoms with Gasteiger partial charge in [-0.1, -0.05) is 0 Å². The third-order valence-electron chi connectivity index (χ3n) is 1.36. The van der Waals surface area contributed by atoms with Crippen LogP contribution in [-0.2, 0) is 0 Å². The smallest absolute Gasteiger partial charge is 0.187 e. The monoisotopic (exact) mass is 267 g/mol. The number of nitrogens with two attached hydrogens (primary N) is 3. The molecule has 1 aromatic rings. The van der Waals surface area contributed by atoms with Crippen molar-refractivity contribution < 1.29 is 0 Å². The van der Waals surface area contributed by atoms with Crippen LogP contribution in [0.15, 0.2) is 15.9 Å². The molecular weight excluding hydrogens is 254 g/mol. The second kappa shape index (κ2) is 7.75. The minimum Gasteiger partial charge on any atom is -0.370 e. The number of rotatable bonds is 5. The van der Waals surface area contributed by atoms with Gasteiger partial charge in [0.05, 0.1) is 11.2 Å². The molecule has 1 heterocycles. The van der Waals surface area contributed by atoms with Gasteiger partial charge >= 0.3 is 0 Å². The highest BCUT2D eigenvalue weighted by atomic mass is 35.5. The summed E-state index contributed by atoms with van der Waals surface area (Å²) < 4.78 is 0. The van der Waals surface area contributed by atoms with Crippen molar-refractivity contribution >= 4 is 41.5 Å². The molecule has 0 aliphatic carbocycles. The quantitative estimate of drug-likeness (QED) is 0.533. The maximum absolute atomic E-state index is 5.41. The lowest BCUT2D eigenvalue weighted by molar-refractivity contribution is 0.967. The van der Waals surface area contributed by atoms with E-state index in [2.05, 4.69) is 9.98 Å². The predicted octanol–water partition coefficient (Wildman–Crippen LogP) is 0.529. The van der Waals surface area contributed by atoms with Crippen LogP contribution in [0.3, 0.4) is 0 Å². The lowest BCUT2D eigenvalue weighted by Crippen LogP contribution is -2.23. The molecule has 0 fully saturated rings. The fourth-order valence-corrected chi connectivity index (χ4v) is 2.36.